The van der Waals surface area contributed by atoms with Crippen LogP contribution < -0.4 is 11.1 Å². The van der Waals surface area contributed by atoms with E-state index in [1.54, 1.807) is 18.2 Å². The SMILES string of the molecule is Cc1cc(Br)cc(C(=O)Nc2ccc(Cl)c(C(N)=O)c2)c1. The number of aryl methyl sites for hydroxylation is 1. The van der Waals surface area contributed by atoms with E-state index in [9.17, 15) is 9.59 Å². The lowest BCUT2D eigenvalue weighted by atomic mass is 10.1. The van der Waals surface area contributed by atoms with E-state index in [0.717, 1.165) is 10.0 Å². The van der Waals surface area contributed by atoms with Gasteiger partial charge < -0.3 is 11.1 Å². The van der Waals surface area contributed by atoms with Crippen molar-refractivity contribution in [3.63, 3.8) is 0 Å². The van der Waals surface area contributed by atoms with E-state index >= 15 is 0 Å². The molecule has 0 radical (unpaired) electrons. The lowest BCUT2D eigenvalue weighted by Crippen LogP contribution is -2.15. The van der Waals surface area contributed by atoms with E-state index in [4.69, 9.17) is 17.3 Å². The van der Waals surface area contributed by atoms with Crippen LogP contribution in [0.25, 0.3) is 0 Å². The van der Waals surface area contributed by atoms with E-state index < -0.39 is 5.91 Å². The van der Waals surface area contributed by atoms with Crippen LogP contribution in [0, 0.1) is 6.92 Å². The third-order valence-corrected chi connectivity index (χ3v) is 3.58. The molecule has 108 valence electrons. The highest BCUT2D eigenvalue weighted by Crippen LogP contribution is 2.21. The van der Waals surface area contributed by atoms with Crippen molar-refractivity contribution in [2.45, 2.75) is 6.92 Å². The monoisotopic (exact) mass is 366 g/mol. The molecule has 0 bridgehead atoms. The molecule has 0 atom stereocenters. The van der Waals surface area contributed by atoms with Gasteiger partial charge in [-0.05, 0) is 48.9 Å². The second-order valence-corrected chi connectivity index (χ2v) is 5.85. The van der Waals surface area contributed by atoms with Gasteiger partial charge in [0.05, 0.1) is 10.6 Å². The number of carbonyl (C=O) groups is 2. The maximum Gasteiger partial charge on any atom is 0.255 e. The topological polar surface area (TPSA) is 72.2 Å². The van der Waals surface area contributed by atoms with E-state index in [2.05, 4.69) is 21.2 Å². The first-order valence-corrected chi connectivity index (χ1v) is 7.22. The predicted molar refractivity (Wildman–Crippen MR) is 86.8 cm³/mol. The molecule has 0 spiro atoms. The fourth-order valence-corrected chi connectivity index (χ4v) is 2.68. The summed E-state index contributed by atoms with van der Waals surface area (Å²) in [5.74, 6) is -0.924. The Labute approximate surface area is 135 Å². The Balaban J connectivity index is 2.27. The van der Waals surface area contributed by atoms with Crippen molar-refractivity contribution < 1.29 is 9.59 Å². The molecule has 0 aliphatic carbocycles. The molecule has 6 heteroatoms. The van der Waals surface area contributed by atoms with Crippen molar-refractivity contribution in [1.29, 1.82) is 0 Å². The maximum absolute atomic E-state index is 12.2. The number of carbonyl (C=O) groups excluding carboxylic acids is 2. The Hall–Kier alpha value is -1.85. The number of amides is 2. The summed E-state index contributed by atoms with van der Waals surface area (Å²) in [7, 11) is 0. The molecule has 2 rings (SSSR count). The molecule has 0 saturated heterocycles. The summed E-state index contributed by atoms with van der Waals surface area (Å²) in [5.41, 5.74) is 7.32. The van der Waals surface area contributed by atoms with Gasteiger partial charge in [-0.25, -0.2) is 0 Å². The number of nitrogens with two attached hydrogens (primary N) is 1. The van der Waals surface area contributed by atoms with Crippen molar-refractivity contribution >= 4 is 45.0 Å². The lowest BCUT2D eigenvalue weighted by molar-refractivity contribution is 0.0996. The molecule has 0 unspecified atom stereocenters. The number of nitrogens with one attached hydrogen (secondary N) is 1. The molecular weight excluding hydrogens is 356 g/mol. The van der Waals surface area contributed by atoms with Gasteiger partial charge in [0.15, 0.2) is 0 Å². The summed E-state index contributed by atoms with van der Waals surface area (Å²) < 4.78 is 0.821. The summed E-state index contributed by atoms with van der Waals surface area (Å²) in [6.45, 7) is 1.90. The third-order valence-electron chi connectivity index (χ3n) is 2.79. The fraction of sp³-hybridized carbons (Fsp3) is 0.0667. The first kappa shape index (κ1) is 15.5. The van der Waals surface area contributed by atoms with Gasteiger partial charge in [0.25, 0.3) is 5.91 Å². The Kier molecular flexibility index (Phi) is 4.65. The normalized spacial score (nSPS) is 10.2. The predicted octanol–water partition coefficient (Wildman–Crippen LogP) is 3.76. The van der Waals surface area contributed by atoms with Crippen LogP contribution in [0.15, 0.2) is 40.9 Å². The summed E-state index contributed by atoms with van der Waals surface area (Å²) in [4.78, 5) is 23.4. The minimum absolute atomic E-state index is 0.167. The molecule has 0 fully saturated rings. The van der Waals surface area contributed by atoms with Crippen LogP contribution in [0.2, 0.25) is 5.02 Å². The number of halogens is 2. The molecule has 2 amide bonds. The number of anilines is 1. The Morgan fingerprint density at radius 2 is 1.90 bits per heavy atom. The van der Waals surface area contributed by atoms with Crippen LogP contribution in [-0.2, 0) is 0 Å². The average molecular weight is 368 g/mol. The third kappa shape index (κ3) is 3.83. The zero-order valence-electron chi connectivity index (χ0n) is 11.1. The molecule has 0 aromatic heterocycles. The summed E-state index contributed by atoms with van der Waals surface area (Å²) in [5, 5.41) is 2.96. The molecule has 0 saturated carbocycles. The lowest BCUT2D eigenvalue weighted by Gasteiger charge is -2.08. The van der Waals surface area contributed by atoms with E-state index in [0.29, 0.717) is 11.3 Å². The van der Waals surface area contributed by atoms with Gasteiger partial charge >= 0.3 is 0 Å². The number of rotatable bonds is 3. The van der Waals surface area contributed by atoms with Crippen LogP contribution in [0.1, 0.15) is 26.3 Å². The minimum atomic E-state index is -0.644. The molecule has 21 heavy (non-hydrogen) atoms. The highest BCUT2D eigenvalue weighted by atomic mass is 79.9. The second kappa shape index (κ2) is 6.28. The molecule has 2 aromatic rings. The number of hydrogen-bond donors (Lipinski definition) is 2. The van der Waals surface area contributed by atoms with Gasteiger partial charge in [-0.2, -0.15) is 0 Å². The van der Waals surface area contributed by atoms with Crippen molar-refractivity contribution in [3.8, 4) is 0 Å². The van der Waals surface area contributed by atoms with Crippen LogP contribution in [-0.4, -0.2) is 11.8 Å². The minimum Gasteiger partial charge on any atom is -0.366 e. The van der Waals surface area contributed by atoms with Crippen LogP contribution in [0.4, 0.5) is 5.69 Å². The largest absolute Gasteiger partial charge is 0.366 e. The van der Waals surface area contributed by atoms with Crippen molar-refractivity contribution in [3.05, 3.63) is 62.6 Å². The van der Waals surface area contributed by atoms with Crippen LogP contribution >= 0.6 is 27.5 Å². The van der Waals surface area contributed by atoms with Crippen molar-refractivity contribution in [2.24, 2.45) is 5.73 Å². The van der Waals surface area contributed by atoms with Gasteiger partial charge in [0.1, 0.15) is 0 Å². The highest BCUT2D eigenvalue weighted by molar-refractivity contribution is 9.10. The standard InChI is InChI=1S/C15H12BrClN2O2/c1-8-4-9(6-10(16)5-8)15(21)19-11-2-3-13(17)12(7-11)14(18)20/h2-7H,1H3,(H2,18,20)(H,19,21). The molecule has 3 N–H and O–H groups in total. The number of benzene rings is 2. The van der Waals surface area contributed by atoms with Crippen molar-refractivity contribution in [1.82, 2.24) is 0 Å². The number of hydrogen-bond acceptors (Lipinski definition) is 2. The van der Waals surface area contributed by atoms with Gasteiger partial charge in [-0.1, -0.05) is 27.5 Å². The van der Waals surface area contributed by atoms with E-state index in [1.807, 2.05) is 13.0 Å². The molecular formula is C15H12BrClN2O2. The molecule has 2 aromatic carbocycles. The van der Waals surface area contributed by atoms with Gasteiger partial charge in [-0.15, -0.1) is 0 Å². The molecule has 0 aliphatic heterocycles. The Morgan fingerprint density at radius 3 is 2.52 bits per heavy atom. The second-order valence-electron chi connectivity index (χ2n) is 4.53. The van der Waals surface area contributed by atoms with Crippen molar-refractivity contribution in [2.75, 3.05) is 5.32 Å². The van der Waals surface area contributed by atoms with Gasteiger partial charge in [0.2, 0.25) is 5.91 Å². The quantitative estimate of drug-likeness (QED) is 0.867. The van der Waals surface area contributed by atoms with E-state index in [1.165, 1.54) is 12.1 Å². The van der Waals surface area contributed by atoms with E-state index in [-0.39, 0.29) is 16.5 Å². The zero-order chi connectivity index (χ0) is 15.6. The Morgan fingerprint density at radius 1 is 1.19 bits per heavy atom. The highest BCUT2D eigenvalue weighted by Gasteiger charge is 2.11. The number of primary amides is 1. The average Bonchev–Trinajstić information content (AvgIpc) is 2.39. The first-order valence-electron chi connectivity index (χ1n) is 6.04. The molecule has 0 aliphatic rings. The zero-order valence-corrected chi connectivity index (χ0v) is 13.5. The van der Waals surface area contributed by atoms with Crippen LogP contribution in [0.5, 0.6) is 0 Å². The first-order chi connectivity index (χ1) is 9.86. The molecule has 0 heterocycles. The maximum atomic E-state index is 12.2. The smallest absolute Gasteiger partial charge is 0.255 e. The summed E-state index contributed by atoms with van der Waals surface area (Å²) in [6, 6.07) is 9.97. The van der Waals surface area contributed by atoms with Gasteiger partial charge in [-0.3, -0.25) is 9.59 Å². The summed E-state index contributed by atoms with van der Waals surface area (Å²) in [6.07, 6.45) is 0. The van der Waals surface area contributed by atoms with Crippen LogP contribution in [0.3, 0.4) is 0 Å². The molecule has 4 nitrogen and oxygen atoms in total. The fourth-order valence-electron chi connectivity index (χ4n) is 1.86. The Bertz CT molecular complexity index is 711. The van der Waals surface area contributed by atoms with Gasteiger partial charge in [0, 0.05) is 15.7 Å². The summed E-state index contributed by atoms with van der Waals surface area (Å²) >= 11 is 9.21.